The van der Waals surface area contributed by atoms with Crippen molar-refractivity contribution in [1.29, 1.82) is 0 Å². The highest BCUT2D eigenvalue weighted by Crippen LogP contribution is 2.35. The first-order chi connectivity index (χ1) is 14.7. The van der Waals surface area contributed by atoms with Crippen LogP contribution in [0, 0.1) is 0 Å². The van der Waals surface area contributed by atoms with E-state index in [0.29, 0.717) is 28.7 Å². The van der Waals surface area contributed by atoms with Gasteiger partial charge in [-0.15, -0.1) is 11.3 Å². The smallest absolute Gasteiger partial charge is 0.277 e. The summed E-state index contributed by atoms with van der Waals surface area (Å²) in [6, 6.07) is 11.1. The van der Waals surface area contributed by atoms with Crippen molar-refractivity contribution in [2.45, 2.75) is 6.54 Å². The summed E-state index contributed by atoms with van der Waals surface area (Å²) < 4.78 is 19.2. The van der Waals surface area contributed by atoms with E-state index < -0.39 is 0 Å². The van der Waals surface area contributed by atoms with Crippen molar-refractivity contribution < 1.29 is 14.0 Å². The molecule has 148 valence electrons. The Morgan fingerprint density at radius 1 is 1.10 bits per heavy atom. The topological polar surface area (TPSA) is 96.7 Å². The van der Waals surface area contributed by atoms with Crippen LogP contribution < -0.4 is 15.0 Å². The lowest BCUT2D eigenvalue weighted by Gasteiger charge is -2.02. The maximum atomic E-state index is 12.9. The Balaban J connectivity index is 1.31. The second-order valence-corrected chi connectivity index (χ2v) is 7.60. The lowest BCUT2D eigenvalue weighted by Crippen LogP contribution is -2.21. The number of hydrogen-bond donors (Lipinski definition) is 0. The molecule has 5 heterocycles. The van der Waals surface area contributed by atoms with Crippen LogP contribution in [0.4, 0.5) is 0 Å². The maximum Gasteiger partial charge on any atom is 0.277 e. The number of hydrogen-bond acceptors (Lipinski definition) is 8. The summed E-state index contributed by atoms with van der Waals surface area (Å²) in [6.45, 7) is 0.358. The molecule has 1 aliphatic rings. The van der Waals surface area contributed by atoms with Gasteiger partial charge in [-0.1, -0.05) is 11.2 Å². The highest BCUT2D eigenvalue weighted by Gasteiger charge is 2.17. The normalized spacial score (nSPS) is 12.7. The highest BCUT2D eigenvalue weighted by molar-refractivity contribution is 7.13. The number of benzene rings is 1. The number of nitrogens with zero attached hydrogens (tertiary/aromatic N) is 5. The van der Waals surface area contributed by atoms with Gasteiger partial charge in [0, 0.05) is 18.0 Å². The first kappa shape index (κ1) is 17.0. The molecule has 9 nitrogen and oxygen atoms in total. The Bertz CT molecular complexity index is 1430. The van der Waals surface area contributed by atoms with Gasteiger partial charge in [0.25, 0.3) is 5.56 Å². The van der Waals surface area contributed by atoms with E-state index in [-0.39, 0.29) is 18.9 Å². The van der Waals surface area contributed by atoms with E-state index in [0.717, 1.165) is 16.1 Å². The number of ether oxygens (including phenoxy) is 2. The van der Waals surface area contributed by atoms with Crippen LogP contribution in [-0.4, -0.2) is 31.1 Å². The van der Waals surface area contributed by atoms with E-state index in [1.54, 1.807) is 46.4 Å². The molecule has 6 rings (SSSR count). The van der Waals surface area contributed by atoms with Crippen LogP contribution in [0.1, 0.15) is 5.89 Å². The van der Waals surface area contributed by atoms with Gasteiger partial charge >= 0.3 is 0 Å². The molecule has 0 amide bonds. The first-order valence-electron chi connectivity index (χ1n) is 9.10. The van der Waals surface area contributed by atoms with Gasteiger partial charge in [0.15, 0.2) is 11.5 Å². The van der Waals surface area contributed by atoms with Crippen LogP contribution in [-0.2, 0) is 6.54 Å². The van der Waals surface area contributed by atoms with E-state index >= 15 is 0 Å². The molecule has 0 radical (unpaired) electrons. The quantitative estimate of drug-likeness (QED) is 0.442. The molecule has 0 spiro atoms. The van der Waals surface area contributed by atoms with Crippen LogP contribution in [0.25, 0.3) is 27.5 Å². The van der Waals surface area contributed by atoms with E-state index in [2.05, 4.69) is 15.2 Å². The maximum absolute atomic E-state index is 12.9. The Morgan fingerprint density at radius 3 is 2.93 bits per heavy atom. The van der Waals surface area contributed by atoms with Gasteiger partial charge in [0.1, 0.15) is 17.8 Å². The predicted molar refractivity (Wildman–Crippen MR) is 108 cm³/mol. The summed E-state index contributed by atoms with van der Waals surface area (Å²) >= 11 is 1.58. The number of fused-ring (bicyclic) bond motifs is 2. The summed E-state index contributed by atoms with van der Waals surface area (Å²) in [5, 5.41) is 10.5. The SMILES string of the molecule is O=c1c2cc(-c3cccs3)nn2ccn1Cc1nc(-c2ccc3c(c2)OCO3)no1. The molecule has 0 unspecified atom stereocenters. The van der Waals surface area contributed by atoms with Crippen LogP contribution in [0.5, 0.6) is 11.5 Å². The zero-order valence-corrected chi connectivity index (χ0v) is 16.2. The molecule has 0 atom stereocenters. The minimum atomic E-state index is -0.185. The van der Waals surface area contributed by atoms with Crippen molar-refractivity contribution in [1.82, 2.24) is 24.3 Å². The Labute approximate surface area is 172 Å². The van der Waals surface area contributed by atoms with Gasteiger partial charge in [-0.3, -0.25) is 4.79 Å². The van der Waals surface area contributed by atoms with Crippen molar-refractivity contribution in [2.75, 3.05) is 6.79 Å². The third-order valence-corrected chi connectivity index (χ3v) is 5.67. The molecule has 10 heteroatoms. The lowest BCUT2D eigenvalue weighted by molar-refractivity contribution is 0.174. The van der Waals surface area contributed by atoms with Crippen LogP contribution in [0.3, 0.4) is 0 Å². The molecule has 0 aliphatic carbocycles. The second kappa shape index (κ2) is 6.56. The fourth-order valence-corrected chi connectivity index (χ4v) is 3.99. The molecular weight excluding hydrogens is 406 g/mol. The molecule has 0 N–H and O–H groups in total. The number of rotatable bonds is 4. The van der Waals surface area contributed by atoms with Crippen LogP contribution in [0.2, 0.25) is 0 Å². The van der Waals surface area contributed by atoms with Crippen LogP contribution in [0.15, 0.2) is 63.5 Å². The van der Waals surface area contributed by atoms with Gasteiger partial charge in [0.05, 0.1) is 4.88 Å². The van der Waals surface area contributed by atoms with Crippen LogP contribution >= 0.6 is 11.3 Å². The van der Waals surface area contributed by atoms with Crippen molar-refractivity contribution in [3.05, 3.63) is 70.4 Å². The average Bonchev–Trinajstić information content (AvgIpc) is 3.54. The summed E-state index contributed by atoms with van der Waals surface area (Å²) in [4.78, 5) is 18.3. The zero-order valence-electron chi connectivity index (χ0n) is 15.4. The lowest BCUT2D eigenvalue weighted by atomic mass is 10.2. The molecule has 0 fully saturated rings. The summed E-state index contributed by atoms with van der Waals surface area (Å²) in [6.07, 6.45) is 3.40. The third-order valence-electron chi connectivity index (χ3n) is 4.78. The predicted octanol–water partition coefficient (Wildman–Crippen LogP) is 3.05. The minimum absolute atomic E-state index is 0.159. The van der Waals surface area contributed by atoms with Gasteiger partial charge in [-0.2, -0.15) is 10.1 Å². The van der Waals surface area contributed by atoms with E-state index in [1.165, 1.54) is 4.57 Å². The van der Waals surface area contributed by atoms with Gasteiger partial charge in [-0.25, -0.2) is 4.52 Å². The van der Waals surface area contributed by atoms with Crippen molar-refractivity contribution >= 4 is 16.9 Å². The standard InChI is InChI=1S/C20H13N5O4S/c26-20-14-9-13(17-2-1-7-30-17)22-25(14)6-5-24(20)10-18-21-19(23-29-18)12-3-4-15-16(8-12)28-11-27-15/h1-9H,10-11H2. The highest BCUT2D eigenvalue weighted by atomic mass is 32.1. The van der Waals surface area contributed by atoms with Gasteiger partial charge in [-0.05, 0) is 35.7 Å². The van der Waals surface area contributed by atoms with E-state index in [4.69, 9.17) is 14.0 Å². The molecule has 0 saturated carbocycles. The van der Waals surface area contributed by atoms with Crippen molar-refractivity contribution in [3.63, 3.8) is 0 Å². The Kier molecular flexibility index (Phi) is 3.71. The Hall–Kier alpha value is -3.92. The number of aromatic nitrogens is 5. The number of thiophene rings is 1. The Morgan fingerprint density at radius 2 is 2.03 bits per heavy atom. The monoisotopic (exact) mass is 419 g/mol. The third kappa shape index (κ3) is 2.77. The average molecular weight is 419 g/mol. The molecule has 30 heavy (non-hydrogen) atoms. The second-order valence-electron chi connectivity index (χ2n) is 6.65. The molecule has 0 saturated heterocycles. The summed E-state index contributed by atoms with van der Waals surface area (Å²) in [5.74, 6) is 2.07. The summed E-state index contributed by atoms with van der Waals surface area (Å²) in [5.41, 5.74) is 1.81. The van der Waals surface area contributed by atoms with Crippen molar-refractivity contribution in [2.24, 2.45) is 0 Å². The molecule has 5 aromatic rings. The molecule has 4 aromatic heterocycles. The molecule has 0 bridgehead atoms. The van der Waals surface area contributed by atoms with E-state index in [1.807, 2.05) is 23.6 Å². The van der Waals surface area contributed by atoms with Crippen molar-refractivity contribution in [3.8, 4) is 33.5 Å². The zero-order chi connectivity index (χ0) is 20.1. The minimum Gasteiger partial charge on any atom is -0.454 e. The fraction of sp³-hybridized carbons (Fsp3) is 0.100. The fourth-order valence-electron chi connectivity index (χ4n) is 3.31. The summed E-state index contributed by atoms with van der Waals surface area (Å²) in [7, 11) is 0. The first-order valence-corrected chi connectivity index (χ1v) is 9.98. The molecule has 1 aliphatic heterocycles. The molecule has 1 aromatic carbocycles. The largest absolute Gasteiger partial charge is 0.454 e. The van der Waals surface area contributed by atoms with E-state index in [9.17, 15) is 4.79 Å². The van der Waals surface area contributed by atoms with Gasteiger partial charge < -0.3 is 18.6 Å². The molecular formula is C20H13N5O4S. The van der Waals surface area contributed by atoms with Gasteiger partial charge in [0.2, 0.25) is 18.5 Å².